The van der Waals surface area contributed by atoms with E-state index in [1.807, 2.05) is 6.92 Å². The molecule has 0 fully saturated rings. The molecular weight excluding hydrogens is 313 g/mol. The Morgan fingerprint density at radius 2 is 2.17 bits per heavy atom. The highest BCUT2D eigenvalue weighted by molar-refractivity contribution is 6.39. The van der Waals surface area contributed by atoms with Gasteiger partial charge in [-0.1, -0.05) is 18.1 Å². The summed E-state index contributed by atoms with van der Waals surface area (Å²) >= 11 is 0. The van der Waals surface area contributed by atoms with E-state index >= 15 is 0 Å². The largest absolute Gasteiger partial charge is 0.359 e. The first-order chi connectivity index (χ1) is 11.5. The van der Waals surface area contributed by atoms with Crippen LogP contribution in [-0.4, -0.2) is 17.0 Å². The Kier molecular flexibility index (Phi) is 4.33. The van der Waals surface area contributed by atoms with E-state index in [0.717, 1.165) is 17.5 Å². The van der Waals surface area contributed by atoms with Crippen LogP contribution in [-0.2, 0) is 22.4 Å². The van der Waals surface area contributed by atoms with E-state index in [1.54, 1.807) is 13.0 Å². The number of fused-ring (bicyclic) bond motifs is 1. The van der Waals surface area contributed by atoms with E-state index in [0.29, 0.717) is 30.0 Å². The fourth-order valence-electron chi connectivity index (χ4n) is 2.94. The number of carbonyl (C=O) groups excluding carboxylic acids is 2. The summed E-state index contributed by atoms with van der Waals surface area (Å²) in [5, 5.41) is 8.98. The van der Waals surface area contributed by atoms with Gasteiger partial charge in [0.2, 0.25) is 0 Å². The number of carbonyl (C=O) groups is 2. The van der Waals surface area contributed by atoms with Gasteiger partial charge >= 0.3 is 11.8 Å². The third kappa shape index (κ3) is 3.02. The first kappa shape index (κ1) is 16.2. The molecular formula is C17H18FN3O3. The lowest BCUT2D eigenvalue weighted by Crippen LogP contribution is -2.37. The molecule has 2 N–H and O–H groups in total. The fraction of sp³-hybridized carbons (Fsp3) is 0.353. The number of rotatable bonds is 3. The van der Waals surface area contributed by atoms with Crippen molar-refractivity contribution in [1.29, 1.82) is 0 Å². The topological polar surface area (TPSA) is 84.2 Å². The second-order valence-electron chi connectivity index (χ2n) is 5.78. The molecule has 1 heterocycles. The standard InChI is InChI=1S/C17H18FN3O3/c1-3-14-15(9(2)21-24-14)20-17(23)16(22)19-13-7-5-10-4-6-11(18)8-12(10)13/h4,6,8,13H,3,5,7H2,1-2H3,(H,19,22)(H,20,23)/t13-/m0/s1. The van der Waals surface area contributed by atoms with Crippen LogP contribution in [0.15, 0.2) is 22.7 Å². The van der Waals surface area contributed by atoms with E-state index in [9.17, 15) is 14.0 Å². The number of anilines is 1. The predicted octanol–water partition coefficient (Wildman–Crippen LogP) is 2.43. The highest BCUT2D eigenvalue weighted by Crippen LogP contribution is 2.31. The Hall–Kier alpha value is -2.70. The zero-order valence-electron chi connectivity index (χ0n) is 13.5. The van der Waals surface area contributed by atoms with E-state index in [2.05, 4.69) is 15.8 Å². The number of halogens is 1. The molecule has 1 atom stereocenters. The minimum atomic E-state index is -0.791. The van der Waals surface area contributed by atoms with Gasteiger partial charge in [-0.3, -0.25) is 9.59 Å². The lowest BCUT2D eigenvalue weighted by Gasteiger charge is -2.14. The number of hydrogen-bond donors (Lipinski definition) is 2. The molecule has 0 bridgehead atoms. The molecule has 0 radical (unpaired) electrons. The molecule has 1 aliphatic rings. The average Bonchev–Trinajstić information content (AvgIpc) is 3.11. The maximum Gasteiger partial charge on any atom is 0.313 e. The number of amides is 2. The molecule has 2 amide bonds. The van der Waals surface area contributed by atoms with Gasteiger partial charge in [-0.15, -0.1) is 0 Å². The number of nitrogens with one attached hydrogen (secondary N) is 2. The van der Waals surface area contributed by atoms with Crippen LogP contribution in [0.3, 0.4) is 0 Å². The van der Waals surface area contributed by atoms with E-state index in [4.69, 9.17) is 4.52 Å². The van der Waals surface area contributed by atoms with Crippen molar-refractivity contribution in [2.24, 2.45) is 0 Å². The Morgan fingerprint density at radius 1 is 1.38 bits per heavy atom. The molecule has 0 unspecified atom stereocenters. The van der Waals surface area contributed by atoms with Crippen LogP contribution >= 0.6 is 0 Å². The minimum Gasteiger partial charge on any atom is -0.359 e. The smallest absolute Gasteiger partial charge is 0.313 e. The van der Waals surface area contributed by atoms with Crippen molar-refractivity contribution in [2.75, 3.05) is 5.32 Å². The zero-order valence-corrected chi connectivity index (χ0v) is 13.5. The van der Waals surface area contributed by atoms with Gasteiger partial charge in [0.05, 0.1) is 6.04 Å². The van der Waals surface area contributed by atoms with Gasteiger partial charge in [0.1, 0.15) is 17.2 Å². The number of nitrogens with zero attached hydrogens (tertiary/aromatic N) is 1. The van der Waals surface area contributed by atoms with E-state index in [1.165, 1.54) is 12.1 Å². The first-order valence-corrected chi connectivity index (χ1v) is 7.85. The Balaban J connectivity index is 1.69. The zero-order chi connectivity index (χ0) is 17.3. The monoisotopic (exact) mass is 331 g/mol. The van der Waals surface area contributed by atoms with Crippen LogP contribution in [0.1, 0.15) is 42.0 Å². The second kappa shape index (κ2) is 6.43. The molecule has 0 saturated heterocycles. The maximum atomic E-state index is 13.4. The average molecular weight is 331 g/mol. The van der Waals surface area contributed by atoms with Gasteiger partial charge in [-0.05, 0) is 43.0 Å². The minimum absolute atomic E-state index is 0.355. The number of hydrogen-bond acceptors (Lipinski definition) is 4. The van der Waals surface area contributed by atoms with Crippen LogP contribution < -0.4 is 10.6 Å². The number of aryl methyl sites for hydroxylation is 3. The van der Waals surface area contributed by atoms with E-state index < -0.39 is 11.8 Å². The third-order valence-electron chi connectivity index (χ3n) is 4.19. The van der Waals surface area contributed by atoms with Crippen molar-refractivity contribution < 1.29 is 18.5 Å². The van der Waals surface area contributed by atoms with Crippen molar-refractivity contribution in [3.8, 4) is 0 Å². The Labute approximate surface area is 138 Å². The fourth-order valence-corrected chi connectivity index (χ4v) is 2.94. The van der Waals surface area contributed by atoms with Gasteiger partial charge in [0.15, 0.2) is 5.76 Å². The summed E-state index contributed by atoms with van der Waals surface area (Å²) in [6.45, 7) is 3.55. The Bertz CT molecular complexity index is 800. The summed E-state index contributed by atoms with van der Waals surface area (Å²) in [6, 6.07) is 4.16. The number of aromatic nitrogens is 1. The predicted molar refractivity (Wildman–Crippen MR) is 84.9 cm³/mol. The summed E-state index contributed by atoms with van der Waals surface area (Å²) in [5.41, 5.74) is 2.66. The molecule has 0 saturated carbocycles. The van der Waals surface area contributed by atoms with Crippen molar-refractivity contribution in [3.05, 3.63) is 46.6 Å². The van der Waals surface area contributed by atoms with Gasteiger partial charge in [0, 0.05) is 6.42 Å². The van der Waals surface area contributed by atoms with Crippen LogP contribution in [0.25, 0.3) is 0 Å². The number of benzene rings is 1. The first-order valence-electron chi connectivity index (χ1n) is 7.85. The Morgan fingerprint density at radius 3 is 2.92 bits per heavy atom. The highest BCUT2D eigenvalue weighted by atomic mass is 19.1. The second-order valence-corrected chi connectivity index (χ2v) is 5.78. The molecule has 126 valence electrons. The molecule has 0 spiro atoms. The summed E-state index contributed by atoms with van der Waals surface area (Å²) in [7, 11) is 0. The van der Waals surface area contributed by atoms with Crippen LogP contribution in [0.5, 0.6) is 0 Å². The van der Waals surface area contributed by atoms with Gasteiger partial charge in [0.25, 0.3) is 0 Å². The van der Waals surface area contributed by atoms with Gasteiger partial charge < -0.3 is 15.2 Å². The molecule has 1 aromatic carbocycles. The molecule has 3 rings (SSSR count). The lowest BCUT2D eigenvalue weighted by molar-refractivity contribution is -0.136. The molecule has 7 heteroatoms. The van der Waals surface area contributed by atoms with E-state index in [-0.39, 0.29) is 11.9 Å². The van der Waals surface area contributed by atoms with Crippen molar-refractivity contribution in [3.63, 3.8) is 0 Å². The third-order valence-corrected chi connectivity index (χ3v) is 4.19. The summed E-state index contributed by atoms with van der Waals surface area (Å²) in [5.74, 6) is -1.39. The van der Waals surface area contributed by atoms with Crippen molar-refractivity contribution >= 4 is 17.5 Å². The lowest BCUT2D eigenvalue weighted by atomic mass is 10.1. The quantitative estimate of drug-likeness (QED) is 0.846. The van der Waals surface area contributed by atoms with Crippen molar-refractivity contribution in [1.82, 2.24) is 10.5 Å². The molecule has 2 aromatic rings. The van der Waals surface area contributed by atoms with Crippen LogP contribution in [0.2, 0.25) is 0 Å². The van der Waals surface area contributed by atoms with Crippen molar-refractivity contribution in [2.45, 2.75) is 39.2 Å². The molecule has 1 aliphatic carbocycles. The molecule has 0 aliphatic heterocycles. The summed E-state index contributed by atoms with van der Waals surface area (Å²) in [4.78, 5) is 24.3. The summed E-state index contributed by atoms with van der Waals surface area (Å²) < 4.78 is 18.5. The maximum absolute atomic E-state index is 13.4. The van der Waals surface area contributed by atoms with Crippen LogP contribution in [0, 0.1) is 12.7 Å². The van der Waals surface area contributed by atoms with Crippen LogP contribution in [0.4, 0.5) is 10.1 Å². The molecule has 1 aromatic heterocycles. The highest BCUT2D eigenvalue weighted by Gasteiger charge is 2.27. The summed E-state index contributed by atoms with van der Waals surface area (Å²) in [6.07, 6.45) is 1.94. The SMILES string of the molecule is CCc1onc(C)c1NC(=O)C(=O)N[C@H]1CCc2ccc(F)cc21. The molecule has 24 heavy (non-hydrogen) atoms. The molecule has 6 nitrogen and oxygen atoms in total. The normalized spacial score (nSPS) is 15.9. The van der Waals surface area contributed by atoms with Gasteiger partial charge in [-0.2, -0.15) is 0 Å². The van der Waals surface area contributed by atoms with Gasteiger partial charge in [-0.25, -0.2) is 4.39 Å².